The van der Waals surface area contributed by atoms with Crippen molar-refractivity contribution in [3.63, 3.8) is 0 Å². The molecular formula is C17H21NO. The maximum absolute atomic E-state index is 5.86. The van der Waals surface area contributed by atoms with Gasteiger partial charge < -0.3 is 10.5 Å². The molecule has 2 aromatic rings. The molecule has 2 heteroatoms. The zero-order chi connectivity index (χ0) is 14.0. The number of hydrogen-bond donors (Lipinski definition) is 1. The van der Waals surface area contributed by atoms with E-state index in [0.29, 0.717) is 6.54 Å². The van der Waals surface area contributed by atoms with Crippen molar-refractivity contribution in [3.8, 4) is 16.9 Å². The molecule has 0 aliphatic heterocycles. The second-order valence-corrected chi connectivity index (χ2v) is 5.00. The first-order valence-electron chi connectivity index (χ1n) is 6.52. The maximum Gasteiger partial charge on any atom is 0.122 e. The molecular weight excluding hydrogens is 234 g/mol. The van der Waals surface area contributed by atoms with Crippen LogP contribution >= 0.6 is 0 Å². The molecule has 0 aliphatic carbocycles. The molecule has 19 heavy (non-hydrogen) atoms. The third-order valence-corrected chi connectivity index (χ3v) is 3.52. The van der Waals surface area contributed by atoms with Gasteiger partial charge >= 0.3 is 0 Å². The van der Waals surface area contributed by atoms with E-state index >= 15 is 0 Å². The molecule has 0 aromatic heterocycles. The third-order valence-electron chi connectivity index (χ3n) is 3.52. The van der Waals surface area contributed by atoms with E-state index in [-0.39, 0.29) is 0 Å². The first-order chi connectivity index (χ1) is 9.06. The van der Waals surface area contributed by atoms with Crippen LogP contribution in [-0.4, -0.2) is 7.11 Å². The number of benzene rings is 2. The highest BCUT2D eigenvalue weighted by molar-refractivity contribution is 5.73. The standard InChI is InChI=1S/C17H21NO/c1-11-5-6-14(10-18)16(7-11)15-8-13(3)17(19-4)9-12(15)2/h5-9H,10,18H2,1-4H3. The molecule has 2 N–H and O–H groups in total. The van der Waals surface area contributed by atoms with Crippen molar-refractivity contribution in [1.29, 1.82) is 0 Å². The highest BCUT2D eigenvalue weighted by Gasteiger charge is 2.10. The quantitative estimate of drug-likeness (QED) is 0.906. The number of ether oxygens (including phenoxy) is 1. The normalized spacial score (nSPS) is 10.6. The van der Waals surface area contributed by atoms with Gasteiger partial charge in [0, 0.05) is 6.54 Å². The van der Waals surface area contributed by atoms with E-state index in [9.17, 15) is 0 Å². The lowest BCUT2D eigenvalue weighted by Crippen LogP contribution is -2.00. The summed E-state index contributed by atoms with van der Waals surface area (Å²) in [5.41, 5.74) is 13.1. The summed E-state index contributed by atoms with van der Waals surface area (Å²) in [5.74, 6) is 0.934. The van der Waals surface area contributed by atoms with Crippen molar-refractivity contribution in [2.45, 2.75) is 27.3 Å². The molecule has 2 rings (SSSR count). The van der Waals surface area contributed by atoms with E-state index < -0.39 is 0 Å². The summed E-state index contributed by atoms with van der Waals surface area (Å²) in [6.07, 6.45) is 0. The zero-order valence-corrected chi connectivity index (χ0v) is 12.1. The monoisotopic (exact) mass is 255 g/mol. The topological polar surface area (TPSA) is 35.2 Å². The molecule has 0 atom stereocenters. The van der Waals surface area contributed by atoms with Gasteiger partial charge in [0.25, 0.3) is 0 Å². The van der Waals surface area contributed by atoms with Crippen LogP contribution in [0.3, 0.4) is 0 Å². The molecule has 0 amide bonds. The SMILES string of the molecule is COc1cc(C)c(-c2cc(C)ccc2CN)cc1C. The Labute approximate surface area is 115 Å². The molecule has 0 aliphatic rings. The van der Waals surface area contributed by atoms with Crippen LogP contribution in [0.4, 0.5) is 0 Å². The van der Waals surface area contributed by atoms with Crippen LogP contribution < -0.4 is 10.5 Å². The van der Waals surface area contributed by atoms with Crippen LogP contribution in [0.25, 0.3) is 11.1 Å². The Hall–Kier alpha value is -1.80. The number of nitrogens with two attached hydrogens (primary N) is 1. The summed E-state index contributed by atoms with van der Waals surface area (Å²) in [6.45, 7) is 6.84. The molecule has 0 bridgehead atoms. The van der Waals surface area contributed by atoms with Crippen LogP contribution in [0.5, 0.6) is 5.75 Å². The predicted octanol–water partition coefficient (Wildman–Crippen LogP) is 3.75. The van der Waals surface area contributed by atoms with Gasteiger partial charge in [0.15, 0.2) is 0 Å². The molecule has 100 valence electrons. The molecule has 0 heterocycles. The summed E-state index contributed by atoms with van der Waals surface area (Å²) in [7, 11) is 1.71. The molecule has 0 saturated heterocycles. The van der Waals surface area contributed by atoms with Crippen molar-refractivity contribution in [2.75, 3.05) is 7.11 Å². The smallest absolute Gasteiger partial charge is 0.122 e. The van der Waals surface area contributed by atoms with E-state index in [0.717, 1.165) is 11.3 Å². The molecule has 2 nitrogen and oxygen atoms in total. The fraction of sp³-hybridized carbons (Fsp3) is 0.294. The van der Waals surface area contributed by atoms with Crippen molar-refractivity contribution < 1.29 is 4.74 Å². The Morgan fingerprint density at radius 3 is 2.32 bits per heavy atom. The number of methoxy groups -OCH3 is 1. The minimum absolute atomic E-state index is 0.556. The molecule has 0 unspecified atom stereocenters. The Morgan fingerprint density at radius 1 is 0.947 bits per heavy atom. The number of hydrogen-bond acceptors (Lipinski definition) is 2. The zero-order valence-electron chi connectivity index (χ0n) is 12.1. The van der Waals surface area contributed by atoms with E-state index in [1.165, 1.54) is 27.8 Å². The number of rotatable bonds is 3. The Balaban J connectivity index is 2.65. The van der Waals surface area contributed by atoms with Crippen molar-refractivity contribution in [2.24, 2.45) is 5.73 Å². The lowest BCUT2D eigenvalue weighted by Gasteiger charge is -2.15. The molecule has 0 saturated carbocycles. The molecule has 2 aromatic carbocycles. The van der Waals surface area contributed by atoms with Crippen LogP contribution in [0.15, 0.2) is 30.3 Å². The summed E-state index contributed by atoms with van der Waals surface area (Å²) >= 11 is 0. The third kappa shape index (κ3) is 2.64. The van der Waals surface area contributed by atoms with Gasteiger partial charge in [-0.25, -0.2) is 0 Å². The number of aryl methyl sites for hydroxylation is 3. The summed E-state index contributed by atoms with van der Waals surface area (Å²) < 4.78 is 5.37. The van der Waals surface area contributed by atoms with Crippen molar-refractivity contribution >= 4 is 0 Å². The largest absolute Gasteiger partial charge is 0.496 e. The predicted molar refractivity (Wildman–Crippen MR) is 80.5 cm³/mol. The molecule has 0 spiro atoms. The maximum atomic E-state index is 5.86. The lowest BCUT2D eigenvalue weighted by atomic mass is 9.93. The summed E-state index contributed by atoms with van der Waals surface area (Å²) in [6, 6.07) is 10.7. The second kappa shape index (κ2) is 5.45. The van der Waals surface area contributed by atoms with Crippen LogP contribution in [0.1, 0.15) is 22.3 Å². The van der Waals surface area contributed by atoms with Crippen LogP contribution in [0.2, 0.25) is 0 Å². The average Bonchev–Trinajstić information content (AvgIpc) is 2.40. The first kappa shape index (κ1) is 13.6. The van der Waals surface area contributed by atoms with Gasteiger partial charge in [-0.2, -0.15) is 0 Å². The van der Waals surface area contributed by atoms with Gasteiger partial charge in [-0.3, -0.25) is 0 Å². The van der Waals surface area contributed by atoms with Gasteiger partial charge in [-0.1, -0.05) is 23.8 Å². The van der Waals surface area contributed by atoms with Gasteiger partial charge in [0.2, 0.25) is 0 Å². The van der Waals surface area contributed by atoms with E-state index in [1.807, 2.05) is 0 Å². The Kier molecular flexibility index (Phi) is 3.91. The minimum Gasteiger partial charge on any atom is -0.496 e. The lowest BCUT2D eigenvalue weighted by molar-refractivity contribution is 0.411. The van der Waals surface area contributed by atoms with Gasteiger partial charge in [0.05, 0.1) is 7.11 Å². The van der Waals surface area contributed by atoms with Crippen LogP contribution in [0, 0.1) is 20.8 Å². The highest BCUT2D eigenvalue weighted by atomic mass is 16.5. The molecule has 0 fully saturated rings. The fourth-order valence-corrected chi connectivity index (χ4v) is 2.42. The summed E-state index contributed by atoms with van der Waals surface area (Å²) in [4.78, 5) is 0. The van der Waals surface area contributed by atoms with Crippen molar-refractivity contribution in [3.05, 3.63) is 52.6 Å². The van der Waals surface area contributed by atoms with Crippen LogP contribution in [-0.2, 0) is 6.54 Å². The van der Waals surface area contributed by atoms with E-state index in [1.54, 1.807) is 7.11 Å². The average molecular weight is 255 g/mol. The van der Waals surface area contributed by atoms with E-state index in [2.05, 4.69) is 51.1 Å². The van der Waals surface area contributed by atoms with Gasteiger partial charge in [0.1, 0.15) is 5.75 Å². The fourth-order valence-electron chi connectivity index (χ4n) is 2.42. The van der Waals surface area contributed by atoms with E-state index in [4.69, 9.17) is 10.5 Å². The van der Waals surface area contributed by atoms with Gasteiger partial charge in [-0.15, -0.1) is 0 Å². The molecule has 0 radical (unpaired) electrons. The first-order valence-corrected chi connectivity index (χ1v) is 6.52. The minimum atomic E-state index is 0.556. The van der Waals surface area contributed by atoms with Crippen molar-refractivity contribution in [1.82, 2.24) is 0 Å². The highest BCUT2D eigenvalue weighted by Crippen LogP contribution is 2.32. The van der Waals surface area contributed by atoms with Gasteiger partial charge in [-0.05, 0) is 60.7 Å². The Bertz CT molecular complexity index is 602. The second-order valence-electron chi connectivity index (χ2n) is 5.00. The Morgan fingerprint density at radius 2 is 1.68 bits per heavy atom. The summed E-state index contributed by atoms with van der Waals surface area (Å²) in [5, 5.41) is 0.